The van der Waals surface area contributed by atoms with E-state index in [4.69, 9.17) is 11.6 Å². The van der Waals surface area contributed by atoms with Crippen LogP contribution in [-0.4, -0.2) is 36.1 Å². The lowest BCUT2D eigenvalue weighted by Crippen LogP contribution is -2.40. The molecule has 2 N–H and O–H groups in total. The number of nitrogens with zero attached hydrogens (tertiary/aromatic N) is 1. The molecule has 4 rings (SSSR count). The summed E-state index contributed by atoms with van der Waals surface area (Å²) in [5.41, 5.74) is 0.215. The molecule has 0 aliphatic heterocycles. The van der Waals surface area contributed by atoms with Crippen LogP contribution in [0.15, 0.2) is 48.5 Å². The number of hydrogen-bond acceptors (Lipinski definition) is 5. The van der Waals surface area contributed by atoms with Crippen molar-refractivity contribution in [3.63, 3.8) is 0 Å². The number of aromatic nitrogens is 1. The van der Waals surface area contributed by atoms with Crippen molar-refractivity contribution in [1.82, 2.24) is 10.3 Å². The molecule has 0 saturated heterocycles. The van der Waals surface area contributed by atoms with E-state index in [1.165, 1.54) is 25.3 Å². The highest BCUT2D eigenvalue weighted by Crippen LogP contribution is 2.35. The van der Waals surface area contributed by atoms with Crippen LogP contribution in [-0.2, 0) is 10.9 Å². The lowest BCUT2D eigenvalue weighted by molar-refractivity contribution is -0.140. The molecule has 1 heterocycles. The van der Waals surface area contributed by atoms with Crippen molar-refractivity contribution < 1.29 is 27.5 Å². The lowest BCUT2D eigenvalue weighted by Gasteiger charge is -2.30. The molecule has 6 nitrogen and oxygen atoms in total. The maximum absolute atomic E-state index is 13.4. The van der Waals surface area contributed by atoms with Crippen molar-refractivity contribution in [2.24, 2.45) is 0 Å². The predicted molar refractivity (Wildman–Crippen MR) is 127 cm³/mol. The number of carbonyl (C=O) groups is 2. The zero-order valence-electron chi connectivity index (χ0n) is 18.8. The Morgan fingerprint density at radius 2 is 1.69 bits per heavy atom. The van der Waals surface area contributed by atoms with Gasteiger partial charge in [-0.05, 0) is 68.1 Å². The molecule has 1 saturated carbocycles. The van der Waals surface area contributed by atoms with Gasteiger partial charge >= 0.3 is 12.1 Å². The minimum Gasteiger partial charge on any atom is -0.465 e. The fourth-order valence-electron chi connectivity index (χ4n) is 4.24. The molecule has 0 radical (unpaired) electrons. The van der Waals surface area contributed by atoms with Crippen LogP contribution in [0.5, 0.6) is 0 Å². The molecule has 2 aromatic carbocycles. The topological polar surface area (TPSA) is 80.3 Å². The molecule has 1 aromatic heterocycles. The van der Waals surface area contributed by atoms with Crippen molar-refractivity contribution in [3.05, 3.63) is 70.4 Å². The summed E-state index contributed by atoms with van der Waals surface area (Å²) in [6, 6.07) is 11.7. The Hall–Kier alpha value is -3.33. The van der Waals surface area contributed by atoms with Gasteiger partial charge in [-0.25, -0.2) is 9.78 Å². The molecule has 0 bridgehead atoms. The molecule has 0 unspecified atom stereocenters. The van der Waals surface area contributed by atoms with Gasteiger partial charge in [0.1, 0.15) is 5.69 Å². The summed E-state index contributed by atoms with van der Waals surface area (Å²) in [5.74, 6) is -0.818. The Balaban J connectivity index is 1.42. The Morgan fingerprint density at radius 1 is 1.00 bits per heavy atom. The third-order valence-corrected chi connectivity index (χ3v) is 6.26. The van der Waals surface area contributed by atoms with E-state index < -0.39 is 17.8 Å². The third-order valence-electron chi connectivity index (χ3n) is 6.03. The second-order valence-electron chi connectivity index (χ2n) is 8.45. The van der Waals surface area contributed by atoms with Crippen LogP contribution in [0.25, 0.3) is 10.9 Å². The monoisotopic (exact) mass is 505 g/mol. The number of hydrogen-bond donors (Lipinski definition) is 2. The number of benzene rings is 2. The highest BCUT2D eigenvalue weighted by Gasteiger charge is 2.34. The summed E-state index contributed by atoms with van der Waals surface area (Å²) >= 11 is 6.07. The molecule has 0 spiro atoms. The summed E-state index contributed by atoms with van der Waals surface area (Å²) in [6.45, 7) is 0. The zero-order valence-corrected chi connectivity index (χ0v) is 19.5. The van der Waals surface area contributed by atoms with E-state index in [0.717, 1.165) is 6.07 Å². The van der Waals surface area contributed by atoms with Crippen LogP contribution in [0.2, 0.25) is 5.02 Å². The average molecular weight is 506 g/mol. The third kappa shape index (κ3) is 5.85. The SMILES string of the molecule is COC(=O)c1cccc(C(=O)N[C@H]2CC[C@@H](Nc3cc(C(F)(F)F)nc4ccc(Cl)cc34)CC2)c1. The van der Waals surface area contributed by atoms with Gasteiger partial charge < -0.3 is 15.4 Å². The molecule has 1 aliphatic carbocycles. The molecule has 3 aromatic rings. The zero-order chi connectivity index (χ0) is 25.2. The van der Waals surface area contributed by atoms with Crippen LogP contribution >= 0.6 is 11.6 Å². The summed E-state index contributed by atoms with van der Waals surface area (Å²) in [6.07, 6.45) is -1.97. The number of fused-ring (bicyclic) bond motifs is 1. The normalized spacial score (nSPS) is 18.2. The summed E-state index contributed by atoms with van der Waals surface area (Å²) in [5, 5.41) is 7.13. The fraction of sp³-hybridized carbons (Fsp3) is 0.320. The molecule has 1 amide bonds. The van der Waals surface area contributed by atoms with Gasteiger partial charge in [-0.15, -0.1) is 0 Å². The van der Waals surface area contributed by atoms with Crippen molar-refractivity contribution in [3.8, 4) is 0 Å². The Morgan fingerprint density at radius 3 is 2.37 bits per heavy atom. The minimum atomic E-state index is -4.57. The van der Waals surface area contributed by atoms with Gasteiger partial charge in [0, 0.05) is 33.7 Å². The molecule has 184 valence electrons. The van der Waals surface area contributed by atoms with E-state index in [1.807, 2.05) is 0 Å². The van der Waals surface area contributed by atoms with Crippen LogP contribution in [0.4, 0.5) is 18.9 Å². The van der Waals surface area contributed by atoms with Crippen molar-refractivity contribution in [1.29, 1.82) is 0 Å². The number of nitrogens with one attached hydrogen (secondary N) is 2. The van der Waals surface area contributed by atoms with E-state index in [1.54, 1.807) is 24.3 Å². The van der Waals surface area contributed by atoms with Gasteiger partial charge in [0.25, 0.3) is 5.91 Å². The number of rotatable bonds is 5. The van der Waals surface area contributed by atoms with Crippen LogP contribution < -0.4 is 10.6 Å². The van der Waals surface area contributed by atoms with Crippen LogP contribution in [0.1, 0.15) is 52.1 Å². The molecular formula is C25H23ClF3N3O3. The highest BCUT2D eigenvalue weighted by atomic mass is 35.5. The number of amides is 1. The Bertz CT molecular complexity index is 1260. The van der Waals surface area contributed by atoms with Crippen molar-refractivity contribution >= 4 is 40.1 Å². The maximum atomic E-state index is 13.4. The summed E-state index contributed by atoms with van der Waals surface area (Å²) < 4.78 is 44.8. The molecule has 0 atom stereocenters. The van der Waals surface area contributed by atoms with E-state index in [0.29, 0.717) is 47.3 Å². The number of anilines is 1. The first kappa shape index (κ1) is 24.8. The van der Waals surface area contributed by atoms with Gasteiger partial charge in [-0.2, -0.15) is 13.2 Å². The number of pyridine rings is 1. The van der Waals surface area contributed by atoms with E-state index in [2.05, 4.69) is 20.4 Å². The molecule has 1 aliphatic rings. The van der Waals surface area contributed by atoms with Gasteiger partial charge in [0.05, 0.1) is 18.2 Å². The largest absolute Gasteiger partial charge is 0.465 e. The lowest BCUT2D eigenvalue weighted by atomic mass is 9.90. The molecule has 10 heteroatoms. The van der Waals surface area contributed by atoms with Gasteiger partial charge in [-0.1, -0.05) is 17.7 Å². The first-order valence-electron chi connectivity index (χ1n) is 11.1. The van der Waals surface area contributed by atoms with Gasteiger partial charge in [-0.3, -0.25) is 4.79 Å². The van der Waals surface area contributed by atoms with Crippen molar-refractivity contribution in [2.45, 2.75) is 43.9 Å². The van der Waals surface area contributed by atoms with Gasteiger partial charge in [0.2, 0.25) is 0 Å². The Kier molecular flexibility index (Phi) is 7.16. The van der Waals surface area contributed by atoms with E-state index in [9.17, 15) is 22.8 Å². The first-order valence-corrected chi connectivity index (χ1v) is 11.4. The minimum absolute atomic E-state index is 0.0727. The smallest absolute Gasteiger partial charge is 0.433 e. The fourth-order valence-corrected chi connectivity index (χ4v) is 4.41. The standard InChI is InChI=1S/C25H23ClF3N3O3/c1-35-24(34)15-4-2-3-14(11-15)23(33)31-18-8-6-17(7-9-18)30-21-13-22(25(27,28)29)32-20-10-5-16(26)12-19(20)21/h2-5,10-13,17-18H,6-9H2,1H3,(H,30,32)(H,31,33)/t17-,18+. The number of halogens is 4. The molecular weight excluding hydrogens is 483 g/mol. The van der Waals surface area contributed by atoms with Crippen LogP contribution in [0.3, 0.4) is 0 Å². The Labute approximate surface area is 204 Å². The second-order valence-corrected chi connectivity index (χ2v) is 8.89. The van der Waals surface area contributed by atoms with Crippen LogP contribution in [0, 0.1) is 0 Å². The highest BCUT2D eigenvalue weighted by molar-refractivity contribution is 6.31. The second kappa shape index (κ2) is 10.1. The van der Waals surface area contributed by atoms with Crippen molar-refractivity contribution in [2.75, 3.05) is 12.4 Å². The predicted octanol–water partition coefficient (Wildman–Crippen LogP) is 5.85. The first-order chi connectivity index (χ1) is 16.6. The number of methoxy groups -OCH3 is 1. The molecule has 1 fully saturated rings. The van der Waals surface area contributed by atoms with Gasteiger partial charge in [0.15, 0.2) is 0 Å². The number of esters is 1. The number of alkyl halides is 3. The maximum Gasteiger partial charge on any atom is 0.433 e. The summed E-state index contributed by atoms with van der Waals surface area (Å²) in [4.78, 5) is 28.1. The van der Waals surface area contributed by atoms with E-state index in [-0.39, 0.29) is 29.1 Å². The van der Waals surface area contributed by atoms with E-state index >= 15 is 0 Å². The average Bonchev–Trinajstić information content (AvgIpc) is 2.84. The molecule has 35 heavy (non-hydrogen) atoms. The summed E-state index contributed by atoms with van der Waals surface area (Å²) in [7, 11) is 1.27. The number of carbonyl (C=O) groups excluding carboxylic acids is 2. The quantitative estimate of drug-likeness (QED) is 0.425. The number of ether oxygens (including phenoxy) is 1.